The Balaban J connectivity index is 1.88. The second-order valence-corrected chi connectivity index (χ2v) is 6.24. The largest absolute Gasteiger partial charge is 0.338 e. The number of amides is 1. The zero-order chi connectivity index (χ0) is 20.4. The fourth-order valence-corrected chi connectivity index (χ4v) is 2.58. The van der Waals surface area contributed by atoms with E-state index in [1.165, 1.54) is 6.07 Å². The predicted molar refractivity (Wildman–Crippen MR) is 100 cm³/mol. The van der Waals surface area contributed by atoms with Crippen LogP contribution in [0.25, 0.3) is 0 Å². The molecular formula is C20H17F3N4O. The van der Waals surface area contributed by atoms with Crippen LogP contribution in [-0.2, 0) is 0 Å². The highest BCUT2D eigenvalue weighted by Crippen LogP contribution is 2.24. The van der Waals surface area contributed by atoms with Gasteiger partial charge in [0.05, 0.1) is 5.69 Å². The third-order valence-electron chi connectivity index (χ3n) is 4.22. The quantitative estimate of drug-likeness (QED) is 0.631. The highest BCUT2D eigenvalue weighted by atomic mass is 19.2. The van der Waals surface area contributed by atoms with Gasteiger partial charge in [0.2, 0.25) is 0 Å². The molecule has 0 aliphatic carbocycles. The first-order valence-corrected chi connectivity index (χ1v) is 8.40. The third kappa shape index (κ3) is 3.95. The van der Waals surface area contributed by atoms with Crippen LogP contribution in [0.3, 0.4) is 0 Å². The number of aryl methyl sites for hydroxylation is 2. The first-order valence-electron chi connectivity index (χ1n) is 8.40. The Kier molecular flexibility index (Phi) is 5.30. The summed E-state index contributed by atoms with van der Waals surface area (Å²) in [5, 5.41) is 5.32. The van der Waals surface area contributed by atoms with Crippen molar-refractivity contribution in [3.63, 3.8) is 0 Å². The van der Waals surface area contributed by atoms with Gasteiger partial charge in [-0.15, -0.1) is 0 Å². The van der Waals surface area contributed by atoms with Crippen LogP contribution in [0.1, 0.15) is 27.4 Å². The van der Waals surface area contributed by atoms with E-state index in [1.807, 2.05) is 26.0 Å². The summed E-state index contributed by atoms with van der Waals surface area (Å²) in [5.74, 6) is -4.42. The Bertz CT molecular complexity index is 1070. The molecule has 28 heavy (non-hydrogen) atoms. The number of hydrogen-bond acceptors (Lipinski definition) is 4. The van der Waals surface area contributed by atoms with Crippen LogP contribution in [0.5, 0.6) is 0 Å². The minimum Gasteiger partial charge on any atom is -0.338 e. The van der Waals surface area contributed by atoms with Gasteiger partial charge in [0, 0.05) is 11.8 Å². The van der Waals surface area contributed by atoms with Gasteiger partial charge in [0.15, 0.2) is 17.5 Å². The third-order valence-corrected chi connectivity index (χ3v) is 4.22. The lowest BCUT2D eigenvalue weighted by molar-refractivity contribution is 0.102. The zero-order valence-electron chi connectivity index (χ0n) is 15.4. The normalized spacial score (nSPS) is 10.6. The zero-order valence-corrected chi connectivity index (χ0v) is 15.4. The molecule has 144 valence electrons. The van der Waals surface area contributed by atoms with Gasteiger partial charge >= 0.3 is 0 Å². The highest BCUT2D eigenvalue weighted by molar-refractivity contribution is 6.03. The van der Waals surface area contributed by atoms with Crippen LogP contribution in [0.15, 0.2) is 36.4 Å². The average Bonchev–Trinajstić information content (AvgIpc) is 2.65. The Morgan fingerprint density at radius 2 is 1.68 bits per heavy atom. The Labute approximate surface area is 159 Å². The van der Waals surface area contributed by atoms with Crippen molar-refractivity contribution in [3.8, 4) is 0 Å². The molecular weight excluding hydrogens is 369 g/mol. The van der Waals surface area contributed by atoms with Crippen molar-refractivity contribution in [2.45, 2.75) is 20.8 Å². The van der Waals surface area contributed by atoms with Crippen molar-refractivity contribution in [2.24, 2.45) is 0 Å². The molecule has 3 rings (SSSR count). The summed E-state index contributed by atoms with van der Waals surface area (Å²) < 4.78 is 40.4. The molecule has 0 atom stereocenters. The van der Waals surface area contributed by atoms with Crippen LogP contribution in [0, 0.1) is 38.2 Å². The van der Waals surface area contributed by atoms with Crippen molar-refractivity contribution >= 4 is 23.1 Å². The number of nitrogens with zero attached hydrogens (tertiary/aromatic N) is 2. The van der Waals surface area contributed by atoms with E-state index in [-0.39, 0.29) is 23.0 Å². The lowest BCUT2D eigenvalue weighted by Crippen LogP contribution is -2.16. The van der Waals surface area contributed by atoms with E-state index in [0.717, 1.165) is 23.3 Å². The number of aromatic nitrogens is 2. The molecule has 2 aromatic carbocycles. The maximum absolute atomic E-state index is 13.9. The number of carbonyl (C=O) groups is 1. The monoisotopic (exact) mass is 386 g/mol. The van der Waals surface area contributed by atoms with E-state index in [0.29, 0.717) is 5.69 Å². The minimum absolute atomic E-state index is 0.0406. The van der Waals surface area contributed by atoms with E-state index >= 15 is 0 Å². The summed E-state index contributed by atoms with van der Waals surface area (Å²) in [5.41, 5.74) is 2.32. The first-order chi connectivity index (χ1) is 13.3. The van der Waals surface area contributed by atoms with Gasteiger partial charge in [0.1, 0.15) is 17.3 Å². The van der Waals surface area contributed by atoms with E-state index in [4.69, 9.17) is 0 Å². The highest BCUT2D eigenvalue weighted by Gasteiger charge is 2.16. The van der Waals surface area contributed by atoms with E-state index in [2.05, 4.69) is 20.6 Å². The number of halogens is 3. The SMILES string of the molecule is Cc1nc(Nc2ccc(F)c(F)c2F)cc(C(=O)Nc2cccc(C)c2C)n1. The standard InChI is InChI=1S/C20H17F3N4O/c1-10-5-4-6-14(11(10)2)27-20(28)16-9-17(25-12(3)24-16)26-15-8-7-13(21)18(22)19(15)23/h4-9H,1-3H3,(H,27,28)(H,24,25,26). The van der Waals surface area contributed by atoms with Crippen LogP contribution in [0.4, 0.5) is 30.4 Å². The number of benzene rings is 2. The van der Waals surface area contributed by atoms with E-state index in [9.17, 15) is 18.0 Å². The van der Waals surface area contributed by atoms with Crippen LogP contribution in [0.2, 0.25) is 0 Å². The summed E-state index contributed by atoms with van der Waals surface area (Å²) >= 11 is 0. The molecule has 0 aliphatic heterocycles. The topological polar surface area (TPSA) is 66.9 Å². The van der Waals surface area contributed by atoms with Gasteiger partial charge in [-0.3, -0.25) is 4.79 Å². The van der Waals surface area contributed by atoms with Crippen molar-refractivity contribution in [3.05, 3.63) is 76.5 Å². The van der Waals surface area contributed by atoms with Gasteiger partial charge in [-0.2, -0.15) is 0 Å². The predicted octanol–water partition coefficient (Wildman–Crippen LogP) is 4.82. The molecule has 0 aliphatic rings. The first kappa shape index (κ1) is 19.3. The molecule has 2 N–H and O–H groups in total. The molecule has 0 spiro atoms. The summed E-state index contributed by atoms with van der Waals surface area (Å²) in [6.45, 7) is 5.37. The van der Waals surface area contributed by atoms with Gasteiger partial charge in [-0.1, -0.05) is 12.1 Å². The average molecular weight is 386 g/mol. The number of anilines is 3. The molecule has 0 bridgehead atoms. The van der Waals surface area contributed by atoms with Gasteiger partial charge < -0.3 is 10.6 Å². The van der Waals surface area contributed by atoms with E-state index < -0.39 is 23.4 Å². The molecule has 1 heterocycles. The van der Waals surface area contributed by atoms with Crippen molar-refractivity contribution < 1.29 is 18.0 Å². The second kappa shape index (κ2) is 7.67. The molecule has 5 nitrogen and oxygen atoms in total. The molecule has 0 saturated heterocycles. The van der Waals surface area contributed by atoms with Crippen molar-refractivity contribution in [1.82, 2.24) is 9.97 Å². The second-order valence-electron chi connectivity index (χ2n) is 6.24. The van der Waals surface area contributed by atoms with Crippen LogP contribution in [-0.4, -0.2) is 15.9 Å². The summed E-state index contributed by atoms with van der Waals surface area (Å²) in [7, 11) is 0. The van der Waals surface area contributed by atoms with Crippen molar-refractivity contribution in [2.75, 3.05) is 10.6 Å². The summed E-state index contributed by atoms with van der Waals surface area (Å²) in [6.07, 6.45) is 0. The molecule has 0 fully saturated rings. The van der Waals surface area contributed by atoms with Gasteiger partial charge in [-0.05, 0) is 50.1 Å². The minimum atomic E-state index is -1.59. The van der Waals surface area contributed by atoms with Crippen LogP contribution < -0.4 is 10.6 Å². The van der Waals surface area contributed by atoms with Crippen LogP contribution >= 0.6 is 0 Å². The summed E-state index contributed by atoms with van der Waals surface area (Å²) in [4.78, 5) is 20.7. The molecule has 3 aromatic rings. The Morgan fingerprint density at radius 1 is 0.929 bits per heavy atom. The molecule has 0 saturated carbocycles. The van der Waals surface area contributed by atoms with Gasteiger partial charge in [-0.25, -0.2) is 23.1 Å². The lowest BCUT2D eigenvalue weighted by atomic mass is 10.1. The molecule has 0 unspecified atom stereocenters. The number of rotatable bonds is 4. The maximum atomic E-state index is 13.9. The van der Waals surface area contributed by atoms with Gasteiger partial charge in [0.25, 0.3) is 5.91 Å². The Morgan fingerprint density at radius 3 is 2.43 bits per heavy atom. The lowest BCUT2D eigenvalue weighted by Gasteiger charge is -2.12. The molecule has 0 radical (unpaired) electrons. The molecule has 8 heteroatoms. The maximum Gasteiger partial charge on any atom is 0.274 e. The number of nitrogens with one attached hydrogen (secondary N) is 2. The smallest absolute Gasteiger partial charge is 0.274 e. The molecule has 1 aromatic heterocycles. The number of hydrogen-bond donors (Lipinski definition) is 2. The molecule has 1 amide bonds. The van der Waals surface area contributed by atoms with E-state index in [1.54, 1.807) is 13.0 Å². The summed E-state index contributed by atoms with van der Waals surface area (Å²) in [6, 6.07) is 8.66. The fraction of sp³-hybridized carbons (Fsp3) is 0.150. The Hall–Kier alpha value is -3.42. The fourth-order valence-electron chi connectivity index (χ4n) is 2.58. The number of carbonyl (C=O) groups excluding carboxylic acids is 1. The van der Waals surface area contributed by atoms with Crippen molar-refractivity contribution in [1.29, 1.82) is 0 Å².